The third-order valence-electron chi connectivity index (χ3n) is 2.64. The fraction of sp³-hybridized carbons (Fsp3) is 0.571. The molecule has 0 fully saturated rings. The van der Waals surface area contributed by atoms with Crippen LogP contribution in [0.15, 0.2) is 24.3 Å². The predicted octanol–water partition coefficient (Wildman–Crippen LogP) is 1.53. The number of hydrogen-bond acceptors (Lipinski definition) is 3. The molecule has 0 spiro atoms. The first-order valence-electron chi connectivity index (χ1n) is 6.17. The van der Waals surface area contributed by atoms with Crippen molar-refractivity contribution < 1.29 is 4.74 Å². The highest BCUT2D eigenvalue weighted by Gasteiger charge is 1.96. The molecular weight excluding hydrogens is 212 g/mol. The lowest BCUT2D eigenvalue weighted by atomic mass is 10.1. The average Bonchev–Trinajstić information content (AvgIpc) is 2.33. The Balaban J connectivity index is 2.25. The summed E-state index contributed by atoms with van der Waals surface area (Å²) >= 11 is 0. The molecule has 96 valence electrons. The Kier molecular flexibility index (Phi) is 6.86. The van der Waals surface area contributed by atoms with Crippen LogP contribution in [0.3, 0.4) is 0 Å². The molecule has 0 saturated heterocycles. The van der Waals surface area contributed by atoms with E-state index in [0.717, 1.165) is 26.1 Å². The van der Waals surface area contributed by atoms with Crippen LogP contribution < -0.4 is 5.32 Å². The van der Waals surface area contributed by atoms with Crippen LogP contribution in [0.1, 0.15) is 11.1 Å². The molecule has 0 bridgehead atoms. The van der Waals surface area contributed by atoms with Crippen molar-refractivity contribution in [1.82, 2.24) is 10.2 Å². The molecule has 3 heteroatoms. The zero-order valence-corrected chi connectivity index (χ0v) is 11.2. The maximum absolute atomic E-state index is 5.60. The molecule has 0 heterocycles. The van der Waals surface area contributed by atoms with Crippen molar-refractivity contribution >= 4 is 0 Å². The highest BCUT2D eigenvalue weighted by atomic mass is 16.5. The Morgan fingerprint density at radius 2 is 1.76 bits per heavy atom. The van der Waals surface area contributed by atoms with Crippen LogP contribution in [0.5, 0.6) is 0 Å². The van der Waals surface area contributed by atoms with Crippen LogP contribution in [0.2, 0.25) is 0 Å². The fourth-order valence-corrected chi connectivity index (χ4v) is 1.51. The van der Waals surface area contributed by atoms with Gasteiger partial charge in [-0.1, -0.05) is 24.3 Å². The van der Waals surface area contributed by atoms with Crippen molar-refractivity contribution in [2.75, 3.05) is 40.8 Å². The Bertz CT molecular complexity index is 296. The van der Waals surface area contributed by atoms with Gasteiger partial charge in [-0.05, 0) is 45.2 Å². The standard InChI is InChI=1S/C14H24N2O/c1-15-9-8-13-4-6-14(7-5-13)12-17-11-10-16(2)3/h4-7,15H,8-12H2,1-3H3. The number of benzene rings is 1. The Morgan fingerprint density at radius 3 is 2.35 bits per heavy atom. The summed E-state index contributed by atoms with van der Waals surface area (Å²) in [5.74, 6) is 0. The summed E-state index contributed by atoms with van der Waals surface area (Å²) in [6.45, 7) is 3.49. The van der Waals surface area contributed by atoms with E-state index in [1.54, 1.807) is 0 Å². The Labute approximate surface area is 105 Å². The first-order chi connectivity index (χ1) is 8.22. The molecule has 0 atom stereocenters. The summed E-state index contributed by atoms with van der Waals surface area (Å²) < 4.78 is 5.60. The van der Waals surface area contributed by atoms with E-state index in [4.69, 9.17) is 4.74 Å². The van der Waals surface area contributed by atoms with Gasteiger partial charge in [0.25, 0.3) is 0 Å². The molecule has 0 aromatic heterocycles. The first kappa shape index (κ1) is 14.2. The van der Waals surface area contributed by atoms with Gasteiger partial charge in [-0.2, -0.15) is 0 Å². The molecule has 0 radical (unpaired) electrons. The smallest absolute Gasteiger partial charge is 0.0717 e. The van der Waals surface area contributed by atoms with Crippen molar-refractivity contribution in [2.24, 2.45) is 0 Å². The van der Waals surface area contributed by atoms with Crippen LogP contribution in [-0.2, 0) is 17.8 Å². The van der Waals surface area contributed by atoms with Gasteiger partial charge in [0.15, 0.2) is 0 Å². The summed E-state index contributed by atoms with van der Waals surface area (Å²) in [5, 5.41) is 3.15. The van der Waals surface area contributed by atoms with Crippen LogP contribution >= 0.6 is 0 Å². The molecule has 1 N–H and O–H groups in total. The maximum Gasteiger partial charge on any atom is 0.0717 e. The van der Waals surface area contributed by atoms with E-state index in [-0.39, 0.29) is 0 Å². The zero-order chi connectivity index (χ0) is 12.5. The molecular formula is C14H24N2O. The van der Waals surface area contributed by atoms with Crippen molar-refractivity contribution in [1.29, 1.82) is 0 Å². The molecule has 0 aliphatic carbocycles. The molecule has 17 heavy (non-hydrogen) atoms. The molecule has 3 nitrogen and oxygen atoms in total. The highest BCUT2D eigenvalue weighted by molar-refractivity contribution is 5.22. The molecule has 0 saturated carbocycles. The van der Waals surface area contributed by atoms with E-state index in [1.165, 1.54) is 11.1 Å². The van der Waals surface area contributed by atoms with Crippen molar-refractivity contribution in [3.8, 4) is 0 Å². The fourth-order valence-electron chi connectivity index (χ4n) is 1.51. The van der Waals surface area contributed by atoms with Gasteiger partial charge in [-0.15, -0.1) is 0 Å². The van der Waals surface area contributed by atoms with Crippen molar-refractivity contribution in [3.63, 3.8) is 0 Å². The number of ether oxygens (including phenoxy) is 1. The lowest BCUT2D eigenvalue weighted by Crippen LogP contribution is -2.17. The highest BCUT2D eigenvalue weighted by Crippen LogP contribution is 2.06. The number of likely N-dealkylation sites (N-methyl/N-ethyl adjacent to an activating group) is 2. The Hall–Kier alpha value is -0.900. The van der Waals surface area contributed by atoms with Crippen LogP contribution in [0, 0.1) is 0 Å². The molecule has 1 aromatic rings. The quantitative estimate of drug-likeness (QED) is 0.693. The number of nitrogens with one attached hydrogen (secondary N) is 1. The molecule has 0 aliphatic heterocycles. The van der Waals surface area contributed by atoms with Crippen LogP contribution in [-0.4, -0.2) is 45.7 Å². The summed E-state index contributed by atoms with van der Waals surface area (Å²) in [6.07, 6.45) is 1.08. The minimum Gasteiger partial charge on any atom is -0.375 e. The van der Waals surface area contributed by atoms with E-state index in [1.807, 2.05) is 7.05 Å². The summed E-state index contributed by atoms with van der Waals surface area (Å²) in [7, 11) is 6.09. The van der Waals surface area contributed by atoms with Gasteiger partial charge in [0.05, 0.1) is 13.2 Å². The van der Waals surface area contributed by atoms with Crippen molar-refractivity contribution in [2.45, 2.75) is 13.0 Å². The van der Waals surface area contributed by atoms with E-state index < -0.39 is 0 Å². The summed E-state index contributed by atoms with van der Waals surface area (Å²) in [4.78, 5) is 2.13. The minimum atomic E-state index is 0.708. The zero-order valence-electron chi connectivity index (χ0n) is 11.2. The monoisotopic (exact) mass is 236 g/mol. The summed E-state index contributed by atoms with van der Waals surface area (Å²) in [6, 6.07) is 8.67. The van der Waals surface area contributed by atoms with E-state index in [0.29, 0.717) is 6.61 Å². The van der Waals surface area contributed by atoms with Gasteiger partial charge < -0.3 is 15.0 Å². The normalized spacial score (nSPS) is 11.1. The van der Waals surface area contributed by atoms with Gasteiger partial charge in [0.1, 0.15) is 0 Å². The molecule has 0 unspecified atom stereocenters. The predicted molar refractivity (Wildman–Crippen MR) is 72.3 cm³/mol. The molecule has 0 aliphatic rings. The first-order valence-corrected chi connectivity index (χ1v) is 6.17. The van der Waals surface area contributed by atoms with Gasteiger partial charge in [-0.25, -0.2) is 0 Å². The van der Waals surface area contributed by atoms with Gasteiger partial charge >= 0.3 is 0 Å². The van der Waals surface area contributed by atoms with Crippen LogP contribution in [0.25, 0.3) is 0 Å². The average molecular weight is 236 g/mol. The van der Waals surface area contributed by atoms with Crippen LogP contribution in [0.4, 0.5) is 0 Å². The van der Waals surface area contributed by atoms with Gasteiger partial charge in [0.2, 0.25) is 0 Å². The second-order valence-electron chi connectivity index (χ2n) is 4.53. The van der Waals surface area contributed by atoms with Gasteiger partial charge in [0, 0.05) is 6.54 Å². The second kappa shape index (κ2) is 8.23. The van der Waals surface area contributed by atoms with E-state index >= 15 is 0 Å². The molecule has 0 amide bonds. The minimum absolute atomic E-state index is 0.708. The number of rotatable bonds is 8. The molecule has 1 aromatic carbocycles. The second-order valence-corrected chi connectivity index (χ2v) is 4.53. The van der Waals surface area contributed by atoms with Gasteiger partial charge in [-0.3, -0.25) is 0 Å². The third kappa shape index (κ3) is 6.41. The topological polar surface area (TPSA) is 24.5 Å². The largest absolute Gasteiger partial charge is 0.375 e. The lowest BCUT2D eigenvalue weighted by Gasteiger charge is -2.10. The maximum atomic E-state index is 5.60. The third-order valence-corrected chi connectivity index (χ3v) is 2.64. The Morgan fingerprint density at radius 1 is 1.12 bits per heavy atom. The SMILES string of the molecule is CNCCc1ccc(COCCN(C)C)cc1. The number of nitrogens with zero attached hydrogens (tertiary/aromatic N) is 1. The lowest BCUT2D eigenvalue weighted by molar-refractivity contribution is 0.105. The van der Waals surface area contributed by atoms with E-state index in [9.17, 15) is 0 Å². The molecule has 1 rings (SSSR count). The number of hydrogen-bond donors (Lipinski definition) is 1. The van der Waals surface area contributed by atoms with Crippen molar-refractivity contribution in [3.05, 3.63) is 35.4 Å². The van der Waals surface area contributed by atoms with E-state index in [2.05, 4.69) is 48.6 Å². The summed E-state index contributed by atoms with van der Waals surface area (Å²) in [5.41, 5.74) is 2.62.